The second-order valence-corrected chi connectivity index (χ2v) is 17.5. The van der Waals surface area contributed by atoms with Gasteiger partial charge in [0.2, 0.25) is 5.91 Å². The van der Waals surface area contributed by atoms with Gasteiger partial charge in [0.25, 0.3) is 0 Å². The molecule has 2 aliphatic rings. The first-order valence-electron chi connectivity index (χ1n) is 25.2. The van der Waals surface area contributed by atoms with Crippen molar-refractivity contribution in [3.63, 3.8) is 0 Å². The Morgan fingerprint density at radius 2 is 1.06 bits per heavy atom. The van der Waals surface area contributed by atoms with Gasteiger partial charge in [-0.1, -0.05) is 145 Å². The predicted octanol–water partition coefficient (Wildman–Crippen LogP) is 6.43. The SMILES string of the molecule is CC/C=C\C/C=C\C/C=C\CCCCCCCC(=O)NC(COC1OC(CO)C(OC2OC(CO)C(O)C(O)C2O)C(O)C1O)C(O)/C=C/CC/C=C/CC/C=C/CCCCCCCCC. The van der Waals surface area contributed by atoms with Crippen molar-refractivity contribution in [3.8, 4) is 0 Å². The van der Waals surface area contributed by atoms with Crippen LogP contribution in [0, 0.1) is 0 Å². The molecule has 66 heavy (non-hydrogen) atoms. The highest BCUT2D eigenvalue weighted by Gasteiger charge is 2.51. The molecule has 0 aromatic heterocycles. The van der Waals surface area contributed by atoms with Crippen LogP contribution in [-0.2, 0) is 23.7 Å². The highest BCUT2D eigenvalue weighted by molar-refractivity contribution is 5.76. The van der Waals surface area contributed by atoms with E-state index in [1.54, 1.807) is 6.08 Å². The van der Waals surface area contributed by atoms with Crippen LogP contribution in [0.1, 0.15) is 155 Å². The zero-order valence-electron chi connectivity index (χ0n) is 40.2. The van der Waals surface area contributed by atoms with Gasteiger partial charge in [-0.15, -0.1) is 0 Å². The average molecular weight is 936 g/mol. The molecule has 1 amide bonds. The molecule has 12 atom stereocenters. The van der Waals surface area contributed by atoms with Crippen LogP contribution in [0.25, 0.3) is 0 Å². The van der Waals surface area contributed by atoms with Crippen molar-refractivity contribution in [1.29, 1.82) is 0 Å². The Kier molecular flexibility index (Phi) is 34.6. The fourth-order valence-electron chi connectivity index (χ4n) is 7.75. The summed E-state index contributed by atoms with van der Waals surface area (Å²) >= 11 is 0. The minimum Gasteiger partial charge on any atom is -0.394 e. The minimum absolute atomic E-state index is 0.247. The van der Waals surface area contributed by atoms with Gasteiger partial charge in [-0.3, -0.25) is 4.79 Å². The Hall–Kier alpha value is -2.57. The van der Waals surface area contributed by atoms with E-state index in [0.29, 0.717) is 12.8 Å². The molecule has 0 saturated carbocycles. The Bertz CT molecular complexity index is 1380. The van der Waals surface area contributed by atoms with E-state index in [1.807, 2.05) is 6.08 Å². The fourth-order valence-corrected chi connectivity index (χ4v) is 7.75. The molecule has 12 unspecified atom stereocenters. The number of allylic oxidation sites excluding steroid dienone is 11. The lowest BCUT2D eigenvalue weighted by molar-refractivity contribution is -0.359. The highest BCUT2D eigenvalue weighted by Crippen LogP contribution is 2.30. The van der Waals surface area contributed by atoms with Gasteiger partial charge in [0, 0.05) is 6.42 Å². The standard InChI is InChI=1S/C52H89NO13/c1-3-5-7-9-11-13-15-17-19-20-22-23-25-27-29-31-33-35-41(56)40(53-44(57)36-34-32-30-28-26-24-21-18-16-14-12-10-8-6-4-2)39-63-51-49(62)47(60)50(43(38-55)65-51)66-52-48(61)46(59)45(58)42(37-54)64-52/h6,8,12,14,18-21,25,27,33,35,40-43,45-52,54-56,58-62H,3-5,7,9-11,13,15-17,22-24,26,28-32,34,36-39H2,1-2H3,(H,53,57)/b8-6-,14-12-,20-19+,21-18-,27-25+,35-33+. The zero-order chi connectivity index (χ0) is 48.2. The van der Waals surface area contributed by atoms with E-state index >= 15 is 0 Å². The Morgan fingerprint density at radius 1 is 0.561 bits per heavy atom. The topological polar surface area (TPSA) is 228 Å². The van der Waals surface area contributed by atoms with Crippen molar-refractivity contribution in [2.45, 2.75) is 229 Å². The molecule has 9 N–H and O–H groups in total. The number of unbranched alkanes of at least 4 members (excludes halogenated alkanes) is 14. The molecule has 0 aliphatic carbocycles. The summed E-state index contributed by atoms with van der Waals surface area (Å²) in [5.74, 6) is -0.275. The monoisotopic (exact) mass is 936 g/mol. The summed E-state index contributed by atoms with van der Waals surface area (Å²) in [7, 11) is 0. The smallest absolute Gasteiger partial charge is 0.220 e. The Morgan fingerprint density at radius 3 is 1.67 bits per heavy atom. The predicted molar refractivity (Wildman–Crippen MR) is 258 cm³/mol. The Balaban J connectivity index is 1.90. The third kappa shape index (κ3) is 25.2. The number of hydrogen-bond donors (Lipinski definition) is 9. The first kappa shape index (κ1) is 59.6. The van der Waals surface area contributed by atoms with Gasteiger partial charge in [-0.2, -0.15) is 0 Å². The number of carbonyl (C=O) groups excluding carboxylic acids is 1. The third-order valence-corrected chi connectivity index (χ3v) is 11.9. The molecule has 0 bridgehead atoms. The van der Waals surface area contributed by atoms with E-state index in [1.165, 1.54) is 44.9 Å². The van der Waals surface area contributed by atoms with Crippen LogP contribution in [0.2, 0.25) is 0 Å². The normalized spacial score (nSPS) is 27.4. The van der Waals surface area contributed by atoms with E-state index in [-0.39, 0.29) is 18.9 Å². The third-order valence-electron chi connectivity index (χ3n) is 11.9. The molecule has 0 radical (unpaired) electrons. The number of ether oxygens (including phenoxy) is 4. The van der Waals surface area contributed by atoms with Crippen molar-refractivity contribution in [3.05, 3.63) is 72.9 Å². The molecule has 2 aliphatic heterocycles. The molecule has 2 heterocycles. The van der Waals surface area contributed by atoms with Crippen LogP contribution < -0.4 is 5.32 Å². The first-order valence-corrected chi connectivity index (χ1v) is 25.2. The molecule has 2 fully saturated rings. The van der Waals surface area contributed by atoms with Crippen LogP contribution >= 0.6 is 0 Å². The van der Waals surface area contributed by atoms with Crippen LogP contribution in [0.5, 0.6) is 0 Å². The van der Waals surface area contributed by atoms with Crippen molar-refractivity contribution < 1.29 is 64.6 Å². The summed E-state index contributed by atoms with van der Waals surface area (Å²) in [6.07, 6.45) is 30.8. The number of carbonyl (C=O) groups is 1. The van der Waals surface area contributed by atoms with Gasteiger partial charge in [-0.05, 0) is 77.0 Å². The maximum atomic E-state index is 13.2. The quantitative estimate of drug-likeness (QED) is 0.0242. The van der Waals surface area contributed by atoms with E-state index in [4.69, 9.17) is 18.9 Å². The summed E-state index contributed by atoms with van der Waals surface area (Å²) in [5.41, 5.74) is 0. The number of rotatable bonds is 37. The zero-order valence-corrected chi connectivity index (χ0v) is 40.2. The van der Waals surface area contributed by atoms with Crippen molar-refractivity contribution in [1.82, 2.24) is 5.32 Å². The molecule has 0 aromatic carbocycles. The maximum Gasteiger partial charge on any atom is 0.220 e. The Labute approximate surface area is 396 Å². The lowest BCUT2D eigenvalue weighted by Crippen LogP contribution is -2.65. The largest absolute Gasteiger partial charge is 0.394 e. The molecule has 0 spiro atoms. The van der Waals surface area contributed by atoms with E-state index < -0.39 is 86.8 Å². The van der Waals surface area contributed by atoms with Crippen LogP contribution in [0.15, 0.2) is 72.9 Å². The van der Waals surface area contributed by atoms with Crippen LogP contribution in [0.3, 0.4) is 0 Å². The van der Waals surface area contributed by atoms with Crippen molar-refractivity contribution in [2.24, 2.45) is 0 Å². The highest BCUT2D eigenvalue weighted by atomic mass is 16.7. The second-order valence-electron chi connectivity index (χ2n) is 17.5. The maximum absolute atomic E-state index is 13.2. The van der Waals surface area contributed by atoms with Crippen molar-refractivity contribution in [2.75, 3.05) is 19.8 Å². The molecule has 14 nitrogen and oxygen atoms in total. The summed E-state index contributed by atoms with van der Waals surface area (Å²) in [4.78, 5) is 13.2. The summed E-state index contributed by atoms with van der Waals surface area (Å²) < 4.78 is 22.6. The van der Waals surface area contributed by atoms with Crippen LogP contribution in [0.4, 0.5) is 0 Å². The summed E-state index contributed by atoms with van der Waals surface area (Å²) in [6.45, 7) is 2.60. The fraction of sp³-hybridized carbons (Fsp3) is 0.750. The molecule has 0 aromatic rings. The molecule has 2 rings (SSSR count). The van der Waals surface area contributed by atoms with E-state index in [2.05, 4.69) is 79.9 Å². The first-order chi connectivity index (χ1) is 32.1. The summed E-state index contributed by atoms with van der Waals surface area (Å²) in [5, 5.41) is 86.7. The van der Waals surface area contributed by atoms with Crippen LogP contribution in [-0.4, -0.2) is 140 Å². The van der Waals surface area contributed by atoms with Gasteiger partial charge in [0.15, 0.2) is 12.6 Å². The van der Waals surface area contributed by atoms with Gasteiger partial charge < -0.3 is 65.1 Å². The number of aliphatic hydroxyl groups is 8. The number of nitrogens with one attached hydrogen (secondary N) is 1. The van der Waals surface area contributed by atoms with Crippen molar-refractivity contribution >= 4 is 5.91 Å². The minimum atomic E-state index is -1.80. The molecule has 14 heteroatoms. The van der Waals surface area contributed by atoms with Gasteiger partial charge in [0.1, 0.15) is 48.8 Å². The molecule has 2 saturated heterocycles. The second kappa shape index (κ2) is 38.3. The van der Waals surface area contributed by atoms with Gasteiger partial charge >= 0.3 is 0 Å². The average Bonchev–Trinajstić information content (AvgIpc) is 3.31. The molecular weight excluding hydrogens is 847 g/mol. The van der Waals surface area contributed by atoms with Gasteiger partial charge in [0.05, 0.1) is 32.0 Å². The lowest BCUT2D eigenvalue weighted by Gasteiger charge is -2.46. The molecular formula is C52H89NO13. The number of amides is 1. The number of aliphatic hydroxyl groups excluding tert-OH is 8. The summed E-state index contributed by atoms with van der Waals surface area (Å²) in [6, 6.07) is -0.949. The lowest BCUT2D eigenvalue weighted by atomic mass is 9.97. The van der Waals surface area contributed by atoms with Gasteiger partial charge in [-0.25, -0.2) is 0 Å². The van der Waals surface area contributed by atoms with E-state index in [0.717, 1.165) is 77.0 Å². The molecule has 380 valence electrons. The number of hydrogen-bond acceptors (Lipinski definition) is 13. The van der Waals surface area contributed by atoms with E-state index in [9.17, 15) is 45.6 Å².